The maximum atomic E-state index is 13.7. The molecule has 0 saturated carbocycles. The Morgan fingerprint density at radius 3 is 2.21 bits per heavy atom. The molecular formula is C22H14Cl3NO2S. The molecule has 1 aromatic heterocycles. The Hall–Kier alpha value is -2.11. The summed E-state index contributed by atoms with van der Waals surface area (Å²) in [4.78, 5) is 27.1. The number of benzene rings is 2. The van der Waals surface area contributed by atoms with Crippen LogP contribution in [-0.4, -0.2) is 16.6 Å². The number of amides is 1. The summed E-state index contributed by atoms with van der Waals surface area (Å²) in [5.41, 5.74) is 1.64. The Balaban J connectivity index is 1.89. The fourth-order valence-corrected chi connectivity index (χ4v) is 4.93. The zero-order valence-electron chi connectivity index (χ0n) is 14.9. The third-order valence-electron chi connectivity index (χ3n) is 4.66. The molecule has 3 nitrogen and oxygen atoms in total. The number of anilines is 1. The predicted octanol–water partition coefficient (Wildman–Crippen LogP) is 6.15. The van der Waals surface area contributed by atoms with E-state index in [0.717, 1.165) is 5.56 Å². The van der Waals surface area contributed by atoms with Crippen molar-refractivity contribution in [1.82, 2.24) is 0 Å². The molecular weight excluding hydrogens is 449 g/mol. The standard InChI is InChI=1S/C22H14Cl3NO2S/c23-15-8-10-16(11-9-15)26-19(17-7-4-12-29-17)18(24)20(27)22(25,21(26)28)13-14-5-2-1-3-6-14/h1-12H,13H2. The highest BCUT2D eigenvalue weighted by Gasteiger charge is 2.53. The molecule has 1 aliphatic rings. The van der Waals surface area contributed by atoms with E-state index in [2.05, 4.69) is 0 Å². The van der Waals surface area contributed by atoms with Gasteiger partial charge in [0.05, 0.1) is 10.6 Å². The molecule has 0 fully saturated rings. The van der Waals surface area contributed by atoms with Crippen LogP contribution < -0.4 is 4.90 Å². The lowest BCUT2D eigenvalue weighted by Gasteiger charge is -2.37. The Morgan fingerprint density at radius 2 is 1.59 bits per heavy atom. The molecule has 1 unspecified atom stereocenters. The van der Waals surface area contributed by atoms with Gasteiger partial charge in [0.1, 0.15) is 5.03 Å². The first-order chi connectivity index (χ1) is 13.9. The molecule has 0 saturated heterocycles. The third-order valence-corrected chi connectivity index (χ3v) is 6.61. The Labute approximate surface area is 187 Å². The largest absolute Gasteiger partial charge is 0.290 e. The number of rotatable bonds is 4. The summed E-state index contributed by atoms with van der Waals surface area (Å²) in [5.74, 6) is -1.13. The summed E-state index contributed by atoms with van der Waals surface area (Å²) in [6, 6.07) is 19.6. The topological polar surface area (TPSA) is 37.4 Å². The van der Waals surface area contributed by atoms with Gasteiger partial charge < -0.3 is 0 Å². The fraction of sp³-hybridized carbons (Fsp3) is 0.0909. The minimum atomic E-state index is -1.83. The quantitative estimate of drug-likeness (QED) is 0.345. The molecule has 29 heavy (non-hydrogen) atoms. The number of allylic oxidation sites excluding steroid dienone is 1. The van der Waals surface area contributed by atoms with Crippen molar-refractivity contribution in [2.75, 3.05) is 4.90 Å². The zero-order chi connectivity index (χ0) is 20.6. The van der Waals surface area contributed by atoms with E-state index in [1.165, 1.54) is 16.2 Å². The minimum Gasteiger partial charge on any atom is -0.290 e. The van der Waals surface area contributed by atoms with Gasteiger partial charge >= 0.3 is 0 Å². The van der Waals surface area contributed by atoms with Crippen molar-refractivity contribution >= 4 is 69.2 Å². The highest BCUT2D eigenvalue weighted by atomic mass is 35.5. The van der Waals surface area contributed by atoms with Crippen molar-refractivity contribution in [1.29, 1.82) is 0 Å². The molecule has 7 heteroatoms. The van der Waals surface area contributed by atoms with Gasteiger partial charge in [-0.05, 0) is 41.3 Å². The molecule has 0 aliphatic carbocycles. The Bertz CT molecular complexity index is 1090. The van der Waals surface area contributed by atoms with E-state index >= 15 is 0 Å². The number of hydrogen-bond donors (Lipinski definition) is 0. The first-order valence-corrected chi connectivity index (χ1v) is 10.7. The lowest BCUT2D eigenvalue weighted by Crippen LogP contribution is -2.55. The molecule has 1 amide bonds. The fourth-order valence-electron chi connectivity index (χ4n) is 3.26. The highest BCUT2D eigenvalue weighted by molar-refractivity contribution is 7.11. The maximum absolute atomic E-state index is 13.7. The molecule has 146 valence electrons. The first kappa shape index (κ1) is 20.2. The maximum Gasteiger partial charge on any atom is 0.261 e. The van der Waals surface area contributed by atoms with E-state index < -0.39 is 16.6 Å². The van der Waals surface area contributed by atoms with Crippen LogP contribution in [0.2, 0.25) is 5.02 Å². The summed E-state index contributed by atoms with van der Waals surface area (Å²) in [7, 11) is 0. The van der Waals surface area contributed by atoms with Crippen LogP contribution >= 0.6 is 46.1 Å². The van der Waals surface area contributed by atoms with E-state index in [0.29, 0.717) is 21.3 Å². The zero-order valence-corrected chi connectivity index (χ0v) is 18.0. The molecule has 1 atom stereocenters. The number of alkyl halides is 1. The van der Waals surface area contributed by atoms with Crippen LogP contribution in [0.15, 0.2) is 77.1 Å². The normalized spacial score (nSPS) is 19.8. The summed E-state index contributed by atoms with van der Waals surface area (Å²) < 4.78 is 0. The Morgan fingerprint density at radius 1 is 0.897 bits per heavy atom. The van der Waals surface area contributed by atoms with Gasteiger partial charge in [-0.2, -0.15) is 0 Å². The molecule has 2 aromatic carbocycles. The van der Waals surface area contributed by atoms with Gasteiger partial charge in [0.25, 0.3) is 5.91 Å². The molecule has 3 aromatic rings. The number of carbonyl (C=O) groups excluding carboxylic acids is 2. The van der Waals surface area contributed by atoms with Gasteiger partial charge in [0.2, 0.25) is 5.78 Å². The SMILES string of the molecule is O=C1C(Cl)=C(c2cccs2)N(c2ccc(Cl)cc2)C(=O)C1(Cl)Cc1ccccc1. The molecule has 0 N–H and O–H groups in total. The Kier molecular flexibility index (Phi) is 5.54. The van der Waals surface area contributed by atoms with E-state index in [1.807, 2.05) is 47.8 Å². The molecule has 0 radical (unpaired) electrons. The average molecular weight is 463 g/mol. The van der Waals surface area contributed by atoms with E-state index in [4.69, 9.17) is 34.8 Å². The van der Waals surface area contributed by atoms with E-state index in [1.54, 1.807) is 24.3 Å². The third kappa shape index (κ3) is 3.62. The van der Waals surface area contributed by atoms with Crippen LogP contribution in [-0.2, 0) is 16.0 Å². The van der Waals surface area contributed by atoms with Crippen LogP contribution in [0.5, 0.6) is 0 Å². The van der Waals surface area contributed by atoms with Gasteiger partial charge in [0, 0.05) is 17.1 Å². The molecule has 0 spiro atoms. The van der Waals surface area contributed by atoms with Crippen LogP contribution in [0.3, 0.4) is 0 Å². The van der Waals surface area contributed by atoms with Crippen molar-refractivity contribution < 1.29 is 9.59 Å². The minimum absolute atomic E-state index is 0.0328. The van der Waals surface area contributed by atoms with Crippen LogP contribution in [0.25, 0.3) is 5.70 Å². The van der Waals surface area contributed by atoms with Gasteiger partial charge in [-0.25, -0.2) is 0 Å². The van der Waals surface area contributed by atoms with Crippen LogP contribution in [0, 0.1) is 0 Å². The van der Waals surface area contributed by atoms with Crippen molar-refractivity contribution in [2.45, 2.75) is 11.3 Å². The highest BCUT2D eigenvalue weighted by Crippen LogP contribution is 2.43. The number of thiophene rings is 1. The van der Waals surface area contributed by atoms with Gasteiger partial charge in [-0.3, -0.25) is 14.5 Å². The van der Waals surface area contributed by atoms with Crippen molar-refractivity contribution in [3.05, 3.63) is 92.6 Å². The van der Waals surface area contributed by atoms with Gasteiger partial charge in [0.15, 0.2) is 4.87 Å². The molecule has 1 aliphatic heterocycles. The monoisotopic (exact) mass is 461 g/mol. The lowest BCUT2D eigenvalue weighted by atomic mass is 9.88. The number of carbonyl (C=O) groups is 2. The second-order valence-electron chi connectivity index (χ2n) is 6.55. The lowest BCUT2D eigenvalue weighted by molar-refractivity contribution is -0.128. The summed E-state index contributed by atoms with van der Waals surface area (Å²) in [6.07, 6.45) is 0.0328. The van der Waals surface area contributed by atoms with Crippen molar-refractivity contribution in [3.63, 3.8) is 0 Å². The summed E-state index contributed by atoms with van der Waals surface area (Å²) in [5, 5.41) is 2.32. The van der Waals surface area contributed by atoms with Crippen molar-refractivity contribution in [3.8, 4) is 0 Å². The predicted molar refractivity (Wildman–Crippen MR) is 120 cm³/mol. The van der Waals surface area contributed by atoms with Gasteiger partial charge in [-0.15, -0.1) is 11.3 Å². The van der Waals surface area contributed by atoms with E-state index in [-0.39, 0.29) is 11.5 Å². The number of nitrogens with zero attached hydrogens (tertiary/aromatic N) is 1. The summed E-state index contributed by atoms with van der Waals surface area (Å²) in [6.45, 7) is 0. The smallest absolute Gasteiger partial charge is 0.261 e. The molecule has 4 rings (SSSR count). The number of halogens is 3. The van der Waals surface area contributed by atoms with Crippen LogP contribution in [0.4, 0.5) is 5.69 Å². The van der Waals surface area contributed by atoms with E-state index in [9.17, 15) is 9.59 Å². The second-order valence-corrected chi connectivity index (χ2v) is 8.96. The first-order valence-electron chi connectivity index (χ1n) is 8.73. The van der Waals surface area contributed by atoms with Crippen molar-refractivity contribution in [2.24, 2.45) is 0 Å². The molecule has 0 bridgehead atoms. The number of ketones is 1. The second kappa shape index (κ2) is 7.96. The van der Waals surface area contributed by atoms with Crippen LogP contribution in [0.1, 0.15) is 10.4 Å². The number of Topliss-reactive ketones (excluding diaryl/α,β-unsaturated/α-hetero) is 1. The summed E-state index contributed by atoms with van der Waals surface area (Å²) >= 11 is 20.7. The molecule has 2 heterocycles. The average Bonchev–Trinajstić information content (AvgIpc) is 3.25. The number of hydrogen-bond acceptors (Lipinski definition) is 3. The van der Waals surface area contributed by atoms with Gasteiger partial charge in [-0.1, -0.05) is 71.2 Å².